The van der Waals surface area contributed by atoms with Gasteiger partial charge in [-0.05, 0) is 24.5 Å². The van der Waals surface area contributed by atoms with Crippen LogP contribution < -0.4 is 10.6 Å². The summed E-state index contributed by atoms with van der Waals surface area (Å²) in [6, 6.07) is 10.2. The predicted molar refractivity (Wildman–Crippen MR) is 139 cm³/mol. The van der Waals surface area contributed by atoms with Gasteiger partial charge in [-0.25, -0.2) is 9.67 Å². The van der Waals surface area contributed by atoms with E-state index in [2.05, 4.69) is 48.1 Å². The molecular weight excluding hydrogens is 470 g/mol. The van der Waals surface area contributed by atoms with Gasteiger partial charge in [-0.15, -0.1) is 5.10 Å². The monoisotopic (exact) mass is 503 g/mol. The number of rotatable bonds is 13. The highest BCUT2D eigenvalue weighted by atomic mass is 16.2. The number of H-pyrrole nitrogens is 1. The summed E-state index contributed by atoms with van der Waals surface area (Å²) in [5.74, 6) is 0.770. The molecule has 1 aromatic carbocycles. The molecule has 0 bridgehead atoms. The number of nitrogens with one attached hydrogen (secondary N) is 3. The third-order valence-corrected chi connectivity index (χ3v) is 6.25. The lowest BCUT2D eigenvalue weighted by atomic mass is 9.99. The Morgan fingerprint density at radius 1 is 1.03 bits per heavy atom. The number of carbonyl (C=O) groups excluding carboxylic acids is 2. The second-order valence-electron chi connectivity index (χ2n) is 9.01. The van der Waals surface area contributed by atoms with E-state index in [9.17, 15) is 9.59 Å². The van der Waals surface area contributed by atoms with Gasteiger partial charge >= 0.3 is 0 Å². The van der Waals surface area contributed by atoms with Gasteiger partial charge in [-0.3, -0.25) is 14.3 Å². The number of hydrogen-bond donors (Lipinski definition) is 3. The van der Waals surface area contributed by atoms with Crippen LogP contribution in [0.3, 0.4) is 0 Å². The SMILES string of the molecule is CNC(=O)CCCCCC(CNC(=O)Cn1ccnn1)c1ncc(-c2ccc(-c3ccn(C)n3)cc2)[nH]1. The largest absolute Gasteiger partial charge is 0.359 e. The Hall–Kier alpha value is -4.28. The van der Waals surface area contributed by atoms with Crippen LogP contribution >= 0.6 is 0 Å². The molecule has 0 spiro atoms. The number of amides is 2. The molecule has 4 rings (SSSR count). The van der Waals surface area contributed by atoms with E-state index in [1.54, 1.807) is 24.1 Å². The molecule has 0 radical (unpaired) electrons. The molecule has 11 nitrogen and oxygen atoms in total. The predicted octanol–water partition coefficient (Wildman–Crippen LogP) is 2.67. The van der Waals surface area contributed by atoms with Gasteiger partial charge in [0, 0.05) is 50.9 Å². The molecule has 194 valence electrons. The van der Waals surface area contributed by atoms with Gasteiger partial charge in [0.25, 0.3) is 0 Å². The summed E-state index contributed by atoms with van der Waals surface area (Å²) in [6.45, 7) is 0.569. The molecule has 0 aliphatic rings. The van der Waals surface area contributed by atoms with Crippen molar-refractivity contribution in [2.75, 3.05) is 13.6 Å². The molecule has 1 unspecified atom stereocenters. The van der Waals surface area contributed by atoms with Crippen molar-refractivity contribution in [2.45, 2.75) is 44.6 Å². The summed E-state index contributed by atoms with van der Waals surface area (Å²) >= 11 is 0. The van der Waals surface area contributed by atoms with Gasteiger partial charge in [-0.2, -0.15) is 5.10 Å². The minimum Gasteiger partial charge on any atom is -0.359 e. The zero-order chi connectivity index (χ0) is 26.0. The topological polar surface area (TPSA) is 135 Å². The van der Waals surface area contributed by atoms with Crippen molar-refractivity contribution in [3.05, 3.63) is 60.9 Å². The van der Waals surface area contributed by atoms with Crippen molar-refractivity contribution in [3.63, 3.8) is 0 Å². The molecule has 0 saturated heterocycles. The van der Waals surface area contributed by atoms with E-state index in [4.69, 9.17) is 0 Å². The van der Waals surface area contributed by atoms with Gasteiger partial charge in [0.05, 0.1) is 23.8 Å². The van der Waals surface area contributed by atoms with Crippen LogP contribution in [0.1, 0.15) is 43.8 Å². The molecule has 2 amide bonds. The first-order valence-electron chi connectivity index (χ1n) is 12.5. The number of imidazole rings is 1. The van der Waals surface area contributed by atoms with E-state index >= 15 is 0 Å². The fourth-order valence-electron chi connectivity index (χ4n) is 4.15. The smallest absolute Gasteiger partial charge is 0.241 e. The third kappa shape index (κ3) is 7.35. The van der Waals surface area contributed by atoms with Crippen LogP contribution in [0.15, 0.2) is 55.1 Å². The van der Waals surface area contributed by atoms with Gasteiger partial charge in [0.2, 0.25) is 11.8 Å². The van der Waals surface area contributed by atoms with Crippen LogP contribution in [0, 0.1) is 0 Å². The highest BCUT2D eigenvalue weighted by molar-refractivity contribution is 5.76. The molecule has 3 heterocycles. The molecule has 1 atom stereocenters. The molecule has 0 aliphatic heterocycles. The minimum atomic E-state index is -0.132. The summed E-state index contributed by atoms with van der Waals surface area (Å²) in [5.41, 5.74) is 3.92. The number of aryl methyl sites for hydroxylation is 1. The van der Waals surface area contributed by atoms with Crippen LogP contribution in [-0.4, -0.2) is 60.1 Å². The van der Waals surface area contributed by atoms with Gasteiger partial charge in [0.1, 0.15) is 12.4 Å². The van der Waals surface area contributed by atoms with Gasteiger partial charge < -0.3 is 15.6 Å². The average molecular weight is 504 g/mol. The van der Waals surface area contributed by atoms with Crippen LogP contribution in [0.2, 0.25) is 0 Å². The van der Waals surface area contributed by atoms with Crippen molar-refractivity contribution in [1.82, 2.24) is 45.4 Å². The molecule has 3 aromatic heterocycles. The Morgan fingerprint density at radius 3 is 2.54 bits per heavy atom. The van der Waals surface area contributed by atoms with E-state index < -0.39 is 0 Å². The Balaban J connectivity index is 1.40. The van der Waals surface area contributed by atoms with Crippen LogP contribution in [0.4, 0.5) is 0 Å². The highest BCUT2D eigenvalue weighted by Gasteiger charge is 2.17. The number of carbonyl (C=O) groups is 2. The highest BCUT2D eigenvalue weighted by Crippen LogP contribution is 2.26. The summed E-state index contributed by atoms with van der Waals surface area (Å²) in [7, 11) is 3.56. The average Bonchev–Trinajstić information content (AvgIpc) is 3.68. The second-order valence-corrected chi connectivity index (χ2v) is 9.01. The summed E-state index contributed by atoms with van der Waals surface area (Å²) in [6.07, 6.45) is 11.0. The minimum absolute atomic E-state index is 0.0150. The standard InChI is InChI=1S/C26H33N9O2/c1-27-24(36)7-5-3-4-6-21(16-28-25(37)18-35-15-13-30-33-35)26-29-17-23(31-26)20-10-8-19(9-11-20)22-12-14-34(2)32-22/h8-15,17,21H,3-7,16,18H2,1-2H3,(H,27,36)(H,28,37)(H,29,31). The lowest BCUT2D eigenvalue weighted by Crippen LogP contribution is -2.32. The molecular formula is C26H33N9O2. The lowest BCUT2D eigenvalue weighted by Gasteiger charge is -2.16. The zero-order valence-corrected chi connectivity index (χ0v) is 21.2. The normalized spacial score (nSPS) is 11.8. The van der Waals surface area contributed by atoms with Crippen molar-refractivity contribution in [2.24, 2.45) is 7.05 Å². The summed E-state index contributed by atoms with van der Waals surface area (Å²) < 4.78 is 3.27. The fraction of sp³-hybridized carbons (Fsp3) is 0.385. The third-order valence-electron chi connectivity index (χ3n) is 6.25. The Bertz CT molecular complexity index is 1280. The number of hydrogen-bond acceptors (Lipinski definition) is 6. The quantitative estimate of drug-likeness (QED) is 0.240. The van der Waals surface area contributed by atoms with E-state index in [0.717, 1.165) is 54.0 Å². The number of benzene rings is 1. The molecule has 0 saturated carbocycles. The first-order valence-corrected chi connectivity index (χ1v) is 12.5. The summed E-state index contributed by atoms with van der Waals surface area (Å²) in [5, 5.41) is 17.7. The van der Waals surface area contributed by atoms with Crippen LogP contribution in [0.25, 0.3) is 22.5 Å². The number of aromatic amines is 1. The van der Waals surface area contributed by atoms with Crippen molar-refractivity contribution in [1.29, 1.82) is 0 Å². The first kappa shape index (κ1) is 25.8. The first-order chi connectivity index (χ1) is 18.0. The van der Waals surface area contributed by atoms with E-state index in [1.165, 1.54) is 4.68 Å². The molecule has 4 aromatic rings. The second kappa shape index (κ2) is 12.6. The maximum Gasteiger partial charge on any atom is 0.241 e. The van der Waals surface area contributed by atoms with Crippen molar-refractivity contribution < 1.29 is 9.59 Å². The Morgan fingerprint density at radius 2 is 1.84 bits per heavy atom. The Labute approximate surface area is 215 Å². The molecule has 0 fully saturated rings. The van der Waals surface area contributed by atoms with Crippen LogP contribution in [0.5, 0.6) is 0 Å². The molecule has 0 aliphatic carbocycles. The van der Waals surface area contributed by atoms with E-state index in [-0.39, 0.29) is 24.3 Å². The molecule has 37 heavy (non-hydrogen) atoms. The summed E-state index contributed by atoms with van der Waals surface area (Å²) in [4.78, 5) is 32.0. The number of nitrogens with zero attached hydrogens (tertiary/aromatic N) is 6. The lowest BCUT2D eigenvalue weighted by molar-refractivity contribution is -0.122. The van der Waals surface area contributed by atoms with Crippen molar-refractivity contribution >= 4 is 11.8 Å². The van der Waals surface area contributed by atoms with Crippen LogP contribution in [-0.2, 0) is 23.2 Å². The maximum absolute atomic E-state index is 12.4. The maximum atomic E-state index is 12.4. The molecule has 11 heteroatoms. The zero-order valence-electron chi connectivity index (χ0n) is 21.2. The van der Waals surface area contributed by atoms with Gasteiger partial charge in [0.15, 0.2) is 0 Å². The Kier molecular flexibility index (Phi) is 8.79. The van der Waals surface area contributed by atoms with Crippen molar-refractivity contribution in [3.8, 4) is 22.5 Å². The fourth-order valence-corrected chi connectivity index (χ4v) is 4.15. The van der Waals surface area contributed by atoms with E-state index in [0.29, 0.717) is 13.0 Å². The molecule has 3 N–H and O–H groups in total. The number of aromatic nitrogens is 7. The van der Waals surface area contributed by atoms with E-state index in [1.807, 2.05) is 37.6 Å². The number of unbranched alkanes of at least 4 members (excludes halogenated alkanes) is 2. The van der Waals surface area contributed by atoms with Gasteiger partial charge in [-0.1, -0.05) is 42.3 Å².